The maximum absolute atomic E-state index is 13.4. The van der Waals surface area contributed by atoms with Gasteiger partial charge in [-0.2, -0.15) is 0 Å². The SMILES string of the molecule is CC(C)CC(NC(=O)C(CCCN=C(N)N)NC(=O)C(N)C(C)C)C(=O)NC(Cc1c[nH]c2ccccc12)C(=O)O. The van der Waals surface area contributed by atoms with Crippen LogP contribution in [0.15, 0.2) is 35.5 Å². The molecule has 0 saturated heterocycles. The van der Waals surface area contributed by atoms with Crippen molar-refractivity contribution in [2.24, 2.45) is 34.0 Å². The Kier molecular flexibility index (Phi) is 12.6. The van der Waals surface area contributed by atoms with E-state index in [2.05, 4.69) is 25.9 Å². The van der Waals surface area contributed by atoms with E-state index in [9.17, 15) is 24.3 Å². The zero-order chi connectivity index (χ0) is 30.7. The van der Waals surface area contributed by atoms with Crippen LogP contribution in [0.25, 0.3) is 10.9 Å². The number of hydrogen-bond donors (Lipinski definition) is 8. The van der Waals surface area contributed by atoms with Gasteiger partial charge in [0.25, 0.3) is 0 Å². The molecule has 0 saturated carbocycles. The summed E-state index contributed by atoms with van der Waals surface area (Å²) >= 11 is 0. The molecule has 41 heavy (non-hydrogen) atoms. The highest BCUT2D eigenvalue weighted by Gasteiger charge is 2.31. The van der Waals surface area contributed by atoms with Crippen molar-refractivity contribution in [3.8, 4) is 0 Å². The van der Waals surface area contributed by atoms with E-state index in [1.165, 1.54) is 0 Å². The monoisotopic (exact) mass is 572 g/mol. The molecule has 0 fully saturated rings. The number of hydrogen-bond acceptors (Lipinski definition) is 6. The Hall–Kier alpha value is -4.13. The minimum absolute atomic E-state index is 0.00721. The average molecular weight is 573 g/mol. The lowest BCUT2D eigenvalue weighted by atomic mass is 10.00. The van der Waals surface area contributed by atoms with Gasteiger partial charge in [-0.05, 0) is 42.7 Å². The largest absolute Gasteiger partial charge is 0.480 e. The van der Waals surface area contributed by atoms with E-state index < -0.39 is 47.9 Å². The number of nitrogens with zero attached hydrogens (tertiary/aromatic N) is 1. The van der Waals surface area contributed by atoms with Crippen LogP contribution < -0.4 is 33.2 Å². The number of aromatic nitrogens is 1. The number of amides is 3. The van der Waals surface area contributed by atoms with Crippen LogP contribution in [-0.4, -0.2) is 70.5 Å². The first kappa shape index (κ1) is 33.1. The first-order chi connectivity index (χ1) is 19.3. The first-order valence-corrected chi connectivity index (χ1v) is 13.8. The summed E-state index contributed by atoms with van der Waals surface area (Å²) in [4.78, 5) is 58.5. The molecule has 13 nitrogen and oxygen atoms in total. The minimum atomic E-state index is -1.23. The maximum Gasteiger partial charge on any atom is 0.326 e. The van der Waals surface area contributed by atoms with Crippen molar-refractivity contribution in [3.05, 3.63) is 36.0 Å². The number of carboxylic acid groups (broad SMARTS) is 1. The van der Waals surface area contributed by atoms with Crippen LogP contribution in [0.2, 0.25) is 0 Å². The van der Waals surface area contributed by atoms with E-state index in [0.29, 0.717) is 6.42 Å². The molecular weight excluding hydrogens is 528 g/mol. The van der Waals surface area contributed by atoms with E-state index in [1.807, 2.05) is 38.1 Å². The number of H-pyrrole nitrogens is 1. The van der Waals surface area contributed by atoms with Gasteiger partial charge in [-0.3, -0.25) is 19.4 Å². The molecule has 2 rings (SSSR count). The summed E-state index contributed by atoms with van der Waals surface area (Å²) in [5.74, 6) is -3.20. The Morgan fingerprint density at radius 1 is 0.927 bits per heavy atom. The van der Waals surface area contributed by atoms with Crippen LogP contribution in [0, 0.1) is 11.8 Å². The number of nitrogens with two attached hydrogens (primary N) is 3. The fourth-order valence-corrected chi connectivity index (χ4v) is 4.31. The summed E-state index contributed by atoms with van der Waals surface area (Å²) in [6, 6.07) is 3.35. The normalized spacial score (nSPS) is 14.2. The fraction of sp³-hybridized carbons (Fsp3) is 0.536. The number of carbonyl (C=O) groups is 4. The van der Waals surface area contributed by atoms with Crippen LogP contribution in [0.4, 0.5) is 0 Å². The lowest BCUT2D eigenvalue weighted by Gasteiger charge is -2.26. The van der Waals surface area contributed by atoms with Crippen molar-refractivity contribution >= 4 is 40.6 Å². The topological polar surface area (TPSA) is 231 Å². The quantitative estimate of drug-likeness (QED) is 0.0791. The molecule has 0 aliphatic heterocycles. The van der Waals surface area contributed by atoms with E-state index in [-0.39, 0.29) is 43.6 Å². The molecule has 0 bridgehead atoms. The summed E-state index contributed by atoms with van der Waals surface area (Å²) in [5, 5.41) is 18.7. The molecule has 2 aromatic rings. The predicted octanol–water partition coefficient (Wildman–Crippen LogP) is 0.332. The summed E-state index contributed by atoms with van der Waals surface area (Å²) < 4.78 is 0. The number of aliphatic carboxylic acids is 1. The number of rotatable bonds is 16. The van der Waals surface area contributed by atoms with Gasteiger partial charge in [-0.25, -0.2) is 4.79 Å². The van der Waals surface area contributed by atoms with Crippen molar-refractivity contribution in [1.82, 2.24) is 20.9 Å². The van der Waals surface area contributed by atoms with Crippen molar-refractivity contribution in [2.75, 3.05) is 6.54 Å². The van der Waals surface area contributed by atoms with Crippen LogP contribution in [0.5, 0.6) is 0 Å². The second-order valence-electron chi connectivity index (χ2n) is 10.9. The second kappa shape index (κ2) is 15.6. The summed E-state index contributed by atoms with van der Waals surface area (Å²) in [6.45, 7) is 7.57. The van der Waals surface area contributed by atoms with Gasteiger partial charge < -0.3 is 43.2 Å². The molecule has 11 N–H and O–H groups in total. The molecule has 4 unspecified atom stereocenters. The minimum Gasteiger partial charge on any atom is -0.480 e. The van der Waals surface area contributed by atoms with Crippen LogP contribution in [0.3, 0.4) is 0 Å². The molecule has 0 radical (unpaired) electrons. The standard InChI is InChI=1S/C28H44N8O5/c1-15(2)12-21(25(38)36-22(27(40)41)13-17-14-33-19-9-6-5-8-18(17)19)35-24(37)20(10-7-11-32-28(30)31)34-26(39)23(29)16(3)4/h5-6,8-9,14-16,20-23,33H,7,10-13,29H2,1-4H3,(H,34,39)(H,35,37)(H,36,38)(H,40,41)(H4,30,31,32). The zero-order valence-electron chi connectivity index (χ0n) is 24.1. The number of carboxylic acids is 1. The maximum atomic E-state index is 13.4. The highest BCUT2D eigenvalue weighted by Crippen LogP contribution is 2.19. The van der Waals surface area contributed by atoms with Crippen LogP contribution in [0.1, 0.15) is 52.5 Å². The highest BCUT2D eigenvalue weighted by molar-refractivity contribution is 5.94. The van der Waals surface area contributed by atoms with Gasteiger partial charge in [0, 0.05) is 30.1 Å². The Morgan fingerprint density at radius 2 is 1.54 bits per heavy atom. The third-order valence-corrected chi connectivity index (χ3v) is 6.65. The molecule has 13 heteroatoms. The molecule has 1 aromatic heterocycles. The molecular formula is C28H44N8O5. The Balaban J connectivity index is 2.20. The number of fused-ring (bicyclic) bond motifs is 1. The number of aliphatic imine (C=N–C) groups is 1. The first-order valence-electron chi connectivity index (χ1n) is 13.8. The Bertz CT molecular complexity index is 1220. The van der Waals surface area contributed by atoms with Crippen molar-refractivity contribution < 1.29 is 24.3 Å². The third kappa shape index (κ3) is 10.4. The molecule has 226 valence electrons. The number of benzene rings is 1. The fourth-order valence-electron chi connectivity index (χ4n) is 4.31. The third-order valence-electron chi connectivity index (χ3n) is 6.65. The van der Waals surface area contributed by atoms with Crippen molar-refractivity contribution in [3.63, 3.8) is 0 Å². The zero-order valence-corrected chi connectivity index (χ0v) is 24.1. The second-order valence-corrected chi connectivity index (χ2v) is 10.9. The molecule has 4 atom stereocenters. The molecule has 0 spiro atoms. The number of carbonyl (C=O) groups excluding carboxylic acids is 3. The number of para-hydroxylation sites is 1. The van der Waals surface area contributed by atoms with Gasteiger partial charge in [-0.15, -0.1) is 0 Å². The van der Waals surface area contributed by atoms with Gasteiger partial charge in [0.2, 0.25) is 17.7 Å². The summed E-state index contributed by atoms with van der Waals surface area (Å²) in [6.07, 6.45) is 2.58. The lowest BCUT2D eigenvalue weighted by Crippen LogP contribution is -2.58. The van der Waals surface area contributed by atoms with Crippen molar-refractivity contribution in [2.45, 2.75) is 77.5 Å². The number of aromatic amines is 1. The smallest absolute Gasteiger partial charge is 0.326 e. The summed E-state index contributed by atoms with van der Waals surface area (Å²) in [5.41, 5.74) is 18.3. The van der Waals surface area contributed by atoms with Gasteiger partial charge in [-0.1, -0.05) is 45.9 Å². The lowest BCUT2D eigenvalue weighted by molar-refractivity contribution is -0.142. The van der Waals surface area contributed by atoms with E-state index in [1.54, 1.807) is 20.0 Å². The van der Waals surface area contributed by atoms with Gasteiger partial charge in [0.1, 0.15) is 18.1 Å². The van der Waals surface area contributed by atoms with Gasteiger partial charge in [0.15, 0.2) is 5.96 Å². The Labute approximate surface area is 240 Å². The highest BCUT2D eigenvalue weighted by atomic mass is 16.4. The number of guanidine groups is 1. The van der Waals surface area contributed by atoms with Gasteiger partial charge in [0.05, 0.1) is 6.04 Å². The molecule has 0 aliphatic carbocycles. The van der Waals surface area contributed by atoms with E-state index in [0.717, 1.165) is 16.5 Å². The molecule has 1 heterocycles. The van der Waals surface area contributed by atoms with Crippen molar-refractivity contribution in [1.29, 1.82) is 0 Å². The molecule has 3 amide bonds. The number of nitrogens with one attached hydrogen (secondary N) is 4. The van der Waals surface area contributed by atoms with Gasteiger partial charge >= 0.3 is 5.97 Å². The Morgan fingerprint density at radius 3 is 2.15 bits per heavy atom. The van der Waals surface area contributed by atoms with Crippen LogP contribution in [-0.2, 0) is 25.6 Å². The molecule has 1 aromatic carbocycles. The summed E-state index contributed by atoms with van der Waals surface area (Å²) in [7, 11) is 0. The van der Waals surface area contributed by atoms with E-state index in [4.69, 9.17) is 17.2 Å². The molecule has 0 aliphatic rings. The van der Waals surface area contributed by atoms with E-state index >= 15 is 0 Å². The average Bonchev–Trinajstić information content (AvgIpc) is 3.31. The predicted molar refractivity (Wildman–Crippen MR) is 158 cm³/mol. The van der Waals surface area contributed by atoms with Crippen LogP contribution >= 0.6 is 0 Å².